The number of rotatable bonds is 7. The van der Waals surface area contributed by atoms with Crippen molar-refractivity contribution in [1.29, 1.82) is 0 Å². The summed E-state index contributed by atoms with van der Waals surface area (Å²) in [6, 6.07) is 13.9. The van der Waals surface area contributed by atoms with E-state index in [4.69, 9.17) is 0 Å². The molecule has 1 aromatic heterocycles. The highest BCUT2D eigenvalue weighted by molar-refractivity contribution is 7.92. The van der Waals surface area contributed by atoms with Crippen LogP contribution in [0.1, 0.15) is 5.56 Å². The second kappa shape index (κ2) is 8.38. The summed E-state index contributed by atoms with van der Waals surface area (Å²) in [5.74, 6) is -1.05. The van der Waals surface area contributed by atoms with Gasteiger partial charge in [-0.3, -0.25) is 9.69 Å². The van der Waals surface area contributed by atoms with Crippen LogP contribution in [0, 0.1) is 6.92 Å². The van der Waals surface area contributed by atoms with E-state index in [9.17, 15) is 13.2 Å². The number of thiazole rings is 1. The predicted octanol–water partition coefficient (Wildman–Crippen LogP) is 2.97. The number of sulfone groups is 1. The Bertz CT molecular complexity index is 1080. The van der Waals surface area contributed by atoms with Gasteiger partial charge < -0.3 is 4.90 Å². The molecular formula is C20H23N3O3S2. The van der Waals surface area contributed by atoms with Crippen molar-refractivity contribution in [2.45, 2.75) is 11.8 Å². The van der Waals surface area contributed by atoms with Gasteiger partial charge >= 0.3 is 0 Å². The van der Waals surface area contributed by atoms with Crippen molar-refractivity contribution in [2.75, 3.05) is 37.8 Å². The lowest BCUT2D eigenvalue weighted by Gasteiger charge is -2.22. The second-order valence-electron chi connectivity index (χ2n) is 6.84. The third kappa shape index (κ3) is 4.57. The first-order chi connectivity index (χ1) is 13.3. The van der Waals surface area contributed by atoms with Crippen LogP contribution in [0.3, 0.4) is 0 Å². The Balaban J connectivity index is 1.92. The van der Waals surface area contributed by atoms with Crippen LogP contribution in [0.5, 0.6) is 0 Å². The summed E-state index contributed by atoms with van der Waals surface area (Å²) in [6.45, 7) is 2.94. The van der Waals surface area contributed by atoms with E-state index < -0.39 is 21.5 Å². The summed E-state index contributed by atoms with van der Waals surface area (Å²) in [4.78, 5) is 21.2. The molecule has 0 fully saturated rings. The van der Waals surface area contributed by atoms with E-state index >= 15 is 0 Å². The number of nitrogens with zero attached hydrogens (tertiary/aromatic N) is 3. The van der Waals surface area contributed by atoms with Crippen molar-refractivity contribution in [3.8, 4) is 0 Å². The summed E-state index contributed by atoms with van der Waals surface area (Å²) in [6.07, 6.45) is 0. The Kier molecular flexibility index (Phi) is 6.12. The van der Waals surface area contributed by atoms with E-state index in [-0.39, 0.29) is 4.90 Å². The minimum atomic E-state index is -3.72. The molecule has 8 heteroatoms. The number of aromatic nitrogens is 1. The number of anilines is 1. The van der Waals surface area contributed by atoms with E-state index in [0.29, 0.717) is 18.2 Å². The van der Waals surface area contributed by atoms with Crippen LogP contribution in [0.15, 0.2) is 53.4 Å². The molecule has 6 nitrogen and oxygen atoms in total. The number of benzene rings is 2. The average Bonchev–Trinajstić information content (AvgIpc) is 3.07. The molecule has 0 saturated heterocycles. The summed E-state index contributed by atoms with van der Waals surface area (Å²) in [7, 11) is 0.0999. The molecule has 0 spiro atoms. The first kappa shape index (κ1) is 20.4. The summed E-state index contributed by atoms with van der Waals surface area (Å²) in [5, 5.41) is 0.527. The van der Waals surface area contributed by atoms with Gasteiger partial charge in [0.15, 0.2) is 15.0 Å². The van der Waals surface area contributed by atoms with Crippen molar-refractivity contribution in [3.05, 3.63) is 54.1 Å². The van der Waals surface area contributed by atoms with Gasteiger partial charge in [-0.2, -0.15) is 0 Å². The number of amides is 1. The average molecular weight is 418 g/mol. The normalized spacial score (nSPS) is 11.9. The molecule has 2 aromatic carbocycles. The minimum Gasteiger partial charge on any atom is -0.308 e. The number of hydrogen-bond acceptors (Lipinski definition) is 6. The minimum absolute atomic E-state index is 0.149. The van der Waals surface area contributed by atoms with Crippen LogP contribution in [-0.4, -0.2) is 57.1 Å². The highest BCUT2D eigenvalue weighted by atomic mass is 32.2. The molecule has 1 heterocycles. The molecule has 1 amide bonds. The second-order valence-corrected chi connectivity index (χ2v) is 9.84. The van der Waals surface area contributed by atoms with Gasteiger partial charge in [0.1, 0.15) is 5.75 Å². The molecule has 3 rings (SSSR count). The molecule has 0 radical (unpaired) electrons. The number of carbonyl (C=O) groups is 1. The highest BCUT2D eigenvalue weighted by Crippen LogP contribution is 2.31. The predicted molar refractivity (Wildman–Crippen MR) is 114 cm³/mol. The lowest BCUT2D eigenvalue weighted by molar-refractivity contribution is -0.116. The molecular weight excluding hydrogens is 394 g/mol. The molecule has 0 atom stereocenters. The van der Waals surface area contributed by atoms with Crippen LogP contribution in [-0.2, 0) is 14.6 Å². The largest absolute Gasteiger partial charge is 0.308 e. The fourth-order valence-corrected chi connectivity index (χ4v) is 5.07. The molecule has 0 bridgehead atoms. The van der Waals surface area contributed by atoms with Gasteiger partial charge in [0.2, 0.25) is 5.91 Å². The standard InChI is InChI=1S/C20H23N3O3S2/c1-15-8-7-11-17-19(15)21-20(27-17)23(13-12-22(2)3)18(24)14-28(25,26)16-9-5-4-6-10-16/h4-11H,12-14H2,1-3H3. The maximum absolute atomic E-state index is 13.0. The van der Waals surface area contributed by atoms with Crippen molar-refractivity contribution in [1.82, 2.24) is 9.88 Å². The molecule has 0 unspecified atom stereocenters. The number of carbonyl (C=O) groups excluding carboxylic acids is 1. The van der Waals surface area contributed by atoms with Gasteiger partial charge in [-0.05, 0) is 44.8 Å². The zero-order valence-corrected chi connectivity index (χ0v) is 17.8. The number of para-hydroxylation sites is 1. The molecule has 28 heavy (non-hydrogen) atoms. The molecule has 0 saturated carbocycles. The van der Waals surface area contributed by atoms with Crippen molar-refractivity contribution < 1.29 is 13.2 Å². The van der Waals surface area contributed by atoms with E-state index in [1.807, 2.05) is 44.1 Å². The van der Waals surface area contributed by atoms with Gasteiger partial charge in [0.05, 0.1) is 15.1 Å². The SMILES string of the molecule is Cc1cccc2sc(N(CCN(C)C)C(=O)CS(=O)(=O)c3ccccc3)nc12. The van der Waals surface area contributed by atoms with Crippen LogP contribution < -0.4 is 4.90 Å². The molecule has 0 N–H and O–H groups in total. The van der Waals surface area contributed by atoms with Crippen LogP contribution >= 0.6 is 11.3 Å². The van der Waals surface area contributed by atoms with E-state index in [2.05, 4.69) is 4.98 Å². The lowest BCUT2D eigenvalue weighted by Crippen LogP contribution is -2.40. The fourth-order valence-electron chi connectivity index (χ4n) is 2.77. The van der Waals surface area contributed by atoms with Gasteiger partial charge in [-0.25, -0.2) is 13.4 Å². The highest BCUT2D eigenvalue weighted by Gasteiger charge is 2.26. The number of likely N-dealkylation sites (N-methyl/N-ethyl adjacent to an activating group) is 1. The van der Waals surface area contributed by atoms with E-state index in [1.54, 1.807) is 18.2 Å². The Labute approximate surface area is 169 Å². The van der Waals surface area contributed by atoms with E-state index in [0.717, 1.165) is 15.8 Å². The Morgan fingerprint density at radius 1 is 1.04 bits per heavy atom. The fraction of sp³-hybridized carbons (Fsp3) is 0.300. The number of aryl methyl sites for hydroxylation is 1. The Morgan fingerprint density at radius 2 is 1.75 bits per heavy atom. The zero-order chi connectivity index (χ0) is 20.3. The molecule has 148 valence electrons. The van der Waals surface area contributed by atoms with Crippen LogP contribution in [0.25, 0.3) is 10.2 Å². The maximum atomic E-state index is 13.0. The molecule has 0 aliphatic carbocycles. The third-order valence-corrected chi connectivity index (χ3v) is 6.99. The third-order valence-electron chi connectivity index (χ3n) is 4.33. The van der Waals surface area contributed by atoms with Crippen molar-refractivity contribution in [2.24, 2.45) is 0 Å². The summed E-state index contributed by atoms with van der Waals surface area (Å²) in [5.41, 5.74) is 1.87. The smallest absolute Gasteiger partial charge is 0.244 e. The molecule has 3 aromatic rings. The first-order valence-corrected chi connectivity index (χ1v) is 11.3. The molecule has 0 aliphatic rings. The zero-order valence-electron chi connectivity index (χ0n) is 16.1. The quantitative estimate of drug-likeness (QED) is 0.591. The van der Waals surface area contributed by atoms with Gasteiger partial charge in [0, 0.05) is 13.1 Å². The monoisotopic (exact) mass is 417 g/mol. The van der Waals surface area contributed by atoms with Gasteiger partial charge in [-0.1, -0.05) is 41.7 Å². The van der Waals surface area contributed by atoms with Crippen LogP contribution in [0.4, 0.5) is 5.13 Å². The Morgan fingerprint density at radius 3 is 2.39 bits per heavy atom. The summed E-state index contributed by atoms with van der Waals surface area (Å²) >= 11 is 1.40. The van der Waals surface area contributed by atoms with Gasteiger partial charge in [-0.15, -0.1) is 0 Å². The molecule has 0 aliphatic heterocycles. The van der Waals surface area contributed by atoms with Crippen LogP contribution in [0.2, 0.25) is 0 Å². The first-order valence-electron chi connectivity index (χ1n) is 8.87. The lowest BCUT2D eigenvalue weighted by atomic mass is 10.2. The van der Waals surface area contributed by atoms with Crippen molar-refractivity contribution >= 4 is 42.4 Å². The topological polar surface area (TPSA) is 70.6 Å². The van der Waals surface area contributed by atoms with Gasteiger partial charge in [0.25, 0.3) is 0 Å². The van der Waals surface area contributed by atoms with Crippen molar-refractivity contribution in [3.63, 3.8) is 0 Å². The Hall–Kier alpha value is -2.29. The van der Waals surface area contributed by atoms with E-state index in [1.165, 1.54) is 28.4 Å². The maximum Gasteiger partial charge on any atom is 0.244 e. The number of fused-ring (bicyclic) bond motifs is 1. The number of hydrogen-bond donors (Lipinski definition) is 0. The summed E-state index contributed by atoms with van der Waals surface area (Å²) < 4.78 is 26.3.